The van der Waals surface area contributed by atoms with Crippen molar-refractivity contribution in [1.29, 1.82) is 0 Å². The number of aryl methyl sites for hydroxylation is 2. The number of imidazole rings is 1. The fourth-order valence-corrected chi connectivity index (χ4v) is 5.79. The number of aromatic nitrogens is 3. The number of nitrogens with one attached hydrogen (secondary N) is 1. The molecule has 1 aliphatic carbocycles. The van der Waals surface area contributed by atoms with Crippen molar-refractivity contribution in [2.75, 3.05) is 51.4 Å². The van der Waals surface area contributed by atoms with Crippen LogP contribution in [0.1, 0.15) is 48.8 Å². The first-order valence-corrected chi connectivity index (χ1v) is 12.9. The summed E-state index contributed by atoms with van der Waals surface area (Å²) in [6.45, 7) is 5.04. The van der Waals surface area contributed by atoms with Crippen molar-refractivity contribution < 1.29 is 9.53 Å². The lowest BCUT2D eigenvalue weighted by Crippen LogP contribution is -2.46. The molecular formula is C22H33N7O2S. The summed E-state index contributed by atoms with van der Waals surface area (Å²) in [5.74, 6) is 1.64. The lowest BCUT2D eigenvalue weighted by Gasteiger charge is -2.34. The molecule has 0 spiro atoms. The Kier molecular flexibility index (Phi) is 6.43. The Morgan fingerprint density at radius 3 is 2.88 bits per heavy atom. The van der Waals surface area contributed by atoms with E-state index in [1.807, 2.05) is 4.90 Å². The smallest absolute Gasteiger partial charge is 0.317 e. The first kappa shape index (κ1) is 21.8. The minimum absolute atomic E-state index is 0.0179. The number of anilines is 1. The van der Waals surface area contributed by atoms with Gasteiger partial charge < -0.3 is 25.3 Å². The third-order valence-corrected chi connectivity index (χ3v) is 7.65. The van der Waals surface area contributed by atoms with E-state index in [2.05, 4.69) is 20.4 Å². The van der Waals surface area contributed by atoms with Gasteiger partial charge in [0.1, 0.15) is 11.3 Å². The Bertz CT molecular complexity index is 989. The number of ether oxygens (including phenoxy) is 1. The van der Waals surface area contributed by atoms with Crippen molar-refractivity contribution >= 4 is 34.8 Å². The molecule has 1 fully saturated rings. The molecule has 4 heterocycles. The fourth-order valence-electron chi connectivity index (χ4n) is 5.23. The molecule has 0 aromatic carbocycles. The maximum Gasteiger partial charge on any atom is 0.317 e. The van der Waals surface area contributed by atoms with Crippen LogP contribution in [-0.2, 0) is 24.1 Å². The van der Waals surface area contributed by atoms with Crippen molar-refractivity contribution in [2.24, 2.45) is 0 Å². The minimum Gasteiger partial charge on any atom is -0.382 e. The van der Waals surface area contributed by atoms with E-state index in [-0.39, 0.29) is 6.03 Å². The number of pyridine rings is 1. The molecule has 1 saturated heterocycles. The molecule has 1 atom stereocenters. The van der Waals surface area contributed by atoms with Crippen molar-refractivity contribution in [2.45, 2.75) is 51.1 Å². The highest BCUT2D eigenvalue weighted by Crippen LogP contribution is 2.37. The Morgan fingerprint density at radius 1 is 1.25 bits per heavy atom. The molecule has 3 N–H and O–H groups in total. The number of rotatable bonds is 5. The molecule has 5 rings (SSSR count). The first-order valence-electron chi connectivity index (χ1n) is 11.7. The number of amides is 2. The van der Waals surface area contributed by atoms with Gasteiger partial charge in [-0.15, -0.1) is 0 Å². The third-order valence-electron chi connectivity index (χ3n) is 6.85. The van der Waals surface area contributed by atoms with Crippen LogP contribution in [0.15, 0.2) is 0 Å². The van der Waals surface area contributed by atoms with Gasteiger partial charge in [-0.25, -0.2) is 19.1 Å². The Balaban J connectivity index is 1.35. The van der Waals surface area contributed by atoms with Crippen molar-refractivity contribution in [3.8, 4) is 0 Å². The number of nitrogens with zero attached hydrogens (tertiary/aromatic N) is 5. The van der Waals surface area contributed by atoms with E-state index >= 15 is 0 Å². The van der Waals surface area contributed by atoms with E-state index in [0.717, 1.165) is 55.8 Å². The summed E-state index contributed by atoms with van der Waals surface area (Å²) in [4.78, 5) is 23.9. The van der Waals surface area contributed by atoms with Crippen LogP contribution in [-0.4, -0.2) is 75.4 Å². The summed E-state index contributed by atoms with van der Waals surface area (Å²) in [5.41, 5.74) is 11.0. The van der Waals surface area contributed by atoms with E-state index in [1.165, 1.54) is 23.9 Å². The van der Waals surface area contributed by atoms with Crippen LogP contribution in [0.2, 0.25) is 0 Å². The van der Waals surface area contributed by atoms with Gasteiger partial charge in [0.05, 0.1) is 25.3 Å². The quantitative estimate of drug-likeness (QED) is 0.523. The third kappa shape index (κ3) is 4.15. The number of hydrogen-bond donors (Lipinski definition) is 2. The van der Waals surface area contributed by atoms with Crippen molar-refractivity contribution in [3.63, 3.8) is 0 Å². The zero-order valence-electron chi connectivity index (χ0n) is 18.8. The number of hydrogen-bond acceptors (Lipinski definition) is 7. The van der Waals surface area contributed by atoms with Crippen LogP contribution in [0, 0.1) is 0 Å². The van der Waals surface area contributed by atoms with Gasteiger partial charge in [-0.3, -0.25) is 0 Å². The molecule has 32 heavy (non-hydrogen) atoms. The molecule has 0 radical (unpaired) electrons. The van der Waals surface area contributed by atoms with E-state index in [9.17, 15) is 4.79 Å². The summed E-state index contributed by atoms with van der Waals surface area (Å²) in [6, 6.07) is 0.327. The number of fused-ring (bicyclic) bond motifs is 5. The molecule has 3 aliphatic rings. The first-order chi connectivity index (χ1) is 15.7. The Morgan fingerprint density at radius 2 is 2.06 bits per heavy atom. The van der Waals surface area contributed by atoms with E-state index in [4.69, 9.17) is 20.4 Å². The standard InChI is InChI=1S/C22H33N7O2S/c1-32-28-13-15(5-4-8-24-22(30)27-9-11-31-12-10-27)29-18(14-28)26-19-20(29)16-6-2-3-7-17(16)25-21(19)23/h15H,2-14H2,1H3,(H2,23,25)(H,24,30)/t15-/m0/s1. The minimum atomic E-state index is 0.0179. The molecule has 9 nitrogen and oxygen atoms in total. The van der Waals surface area contributed by atoms with Crippen molar-refractivity contribution in [1.82, 2.24) is 29.1 Å². The van der Waals surface area contributed by atoms with Crippen LogP contribution in [0.5, 0.6) is 0 Å². The molecule has 0 unspecified atom stereocenters. The highest BCUT2D eigenvalue weighted by molar-refractivity contribution is 7.96. The molecule has 0 bridgehead atoms. The normalized spacial score (nSPS) is 21.4. The average Bonchev–Trinajstić information content (AvgIpc) is 3.23. The molecular weight excluding hydrogens is 426 g/mol. The maximum absolute atomic E-state index is 12.4. The van der Waals surface area contributed by atoms with Gasteiger partial charge in [0, 0.05) is 37.9 Å². The summed E-state index contributed by atoms with van der Waals surface area (Å²) >= 11 is 1.76. The number of carbonyl (C=O) groups excluding carboxylic acids is 1. The second-order valence-corrected chi connectivity index (χ2v) is 9.74. The van der Waals surface area contributed by atoms with Crippen LogP contribution >= 0.6 is 11.9 Å². The topological polar surface area (TPSA) is 102 Å². The number of morpholine rings is 1. The summed E-state index contributed by atoms with van der Waals surface area (Å²) in [7, 11) is 0. The van der Waals surface area contributed by atoms with Gasteiger partial charge in [0.2, 0.25) is 0 Å². The molecule has 174 valence electrons. The fraction of sp³-hybridized carbons (Fsp3) is 0.682. The van der Waals surface area contributed by atoms with Gasteiger partial charge in [-0.1, -0.05) is 11.9 Å². The van der Waals surface area contributed by atoms with Gasteiger partial charge >= 0.3 is 6.03 Å². The number of carbonyl (C=O) groups is 1. The van der Waals surface area contributed by atoms with E-state index < -0.39 is 0 Å². The Labute approximate surface area is 193 Å². The largest absolute Gasteiger partial charge is 0.382 e. The number of nitrogens with two attached hydrogens (primary N) is 1. The van der Waals surface area contributed by atoms with Crippen LogP contribution in [0.3, 0.4) is 0 Å². The van der Waals surface area contributed by atoms with Crippen LogP contribution in [0.25, 0.3) is 11.0 Å². The predicted molar refractivity (Wildman–Crippen MR) is 127 cm³/mol. The van der Waals surface area contributed by atoms with Gasteiger partial charge in [0.15, 0.2) is 5.82 Å². The zero-order valence-corrected chi connectivity index (χ0v) is 19.6. The van der Waals surface area contributed by atoms with E-state index in [0.29, 0.717) is 44.7 Å². The summed E-state index contributed by atoms with van der Waals surface area (Å²) in [5, 5.41) is 3.09. The lowest BCUT2D eigenvalue weighted by molar-refractivity contribution is 0.0532. The van der Waals surface area contributed by atoms with Gasteiger partial charge in [-0.2, -0.15) is 0 Å². The molecule has 10 heteroatoms. The molecule has 0 saturated carbocycles. The van der Waals surface area contributed by atoms with Gasteiger partial charge in [0.25, 0.3) is 0 Å². The second kappa shape index (κ2) is 9.44. The molecule has 2 aliphatic heterocycles. The van der Waals surface area contributed by atoms with E-state index in [1.54, 1.807) is 11.9 Å². The zero-order chi connectivity index (χ0) is 22.1. The second-order valence-electron chi connectivity index (χ2n) is 8.86. The molecule has 2 aromatic rings. The summed E-state index contributed by atoms with van der Waals surface area (Å²) in [6.07, 6.45) is 8.46. The summed E-state index contributed by atoms with van der Waals surface area (Å²) < 4.78 is 10.2. The monoisotopic (exact) mass is 459 g/mol. The average molecular weight is 460 g/mol. The highest BCUT2D eigenvalue weighted by atomic mass is 32.2. The number of urea groups is 1. The van der Waals surface area contributed by atoms with Gasteiger partial charge in [-0.05, 0) is 50.3 Å². The maximum atomic E-state index is 12.4. The van der Waals surface area contributed by atoms with Crippen LogP contribution in [0.4, 0.5) is 10.6 Å². The van der Waals surface area contributed by atoms with Crippen LogP contribution < -0.4 is 11.1 Å². The Hall–Kier alpha value is -2.04. The number of nitrogen functional groups attached to an aromatic ring is 1. The predicted octanol–water partition coefficient (Wildman–Crippen LogP) is 2.35. The SMILES string of the molecule is CSN1Cc2nc3c(N)nc4c(c3n2[C@@H](CCCNC(=O)N2CCOCC2)C1)CCCC4. The lowest BCUT2D eigenvalue weighted by atomic mass is 9.94. The highest BCUT2D eigenvalue weighted by Gasteiger charge is 2.31. The molecule has 2 amide bonds. The van der Waals surface area contributed by atoms with Crippen molar-refractivity contribution in [3.05, 3.63) is 17.1 Å². The molecule has 2 aromatic heterocycles.